The predicted octanol–water partition coefficient (Wildman–Crippen LogP) is 2.80. The first-order valence-corrected chi connectivity index (χ1v) is 13.9. The summed E-state index contributed by atoms with van der Waals surface area (Å²) in [6.07, 6.45) is -0.322. The van der Waals surface area contributed by atoms with Crippen LogP contribution < -0.4 is 10.2 Å². The minimum absolute atomic E-state index is 0.0456. The maximum Gasteiger partial charge on any atom is 0.263 e. The highest BCUT2D eigenvalue weighted by Gasteiger charge is 2.36. The molecular formula is C24H31F2N7O3S. The molecule has 5 rings (SSSR count). The Labute approximate surface area is 214 Å². The molecule has 0 amide bonds. The molecule has 3 aromatic rings. The number of hydrogen-bond acceptors (Lipinski definition) is 8. The number of alkyl halides is 2. The van der Waals surface area contributed by atoms with E-state index in [-0.39, 0.29) is 17.4 Å². The summed E-state index contributed by atoms with van der Waals surface area (Å²) >= 11 is 0. The molecule has 2 aliphatic rings. The number of nitrogens with one attached hydrogen (secondary N) is 1. The van der Waals surface area contributed by atoms with Gasteiger partial charge in [0.25, 0.3) is 6.43 Å². The smallest absolute Gasteiger partial charge is 0.263 e. The SMILES string of the molecule is CCS(=O)(=O)N1CC(Nc2nc(N3CC(CC(C)(C)O)C3)c3cnn(-c4cccc(C(F)F)c4)c3n2)C1. The van der Waals surface area contributed by atoms with Gasteiger partial charge in [-0.25, -0.2) is 21.9 Å². The lowest BCUT2D eigenvalue weighted by atomic mass is 9.88. The van der Waals surface area contributed by atoms with Gasteiger partial charge < -0.3 is 15.3 Å². The number of sulfonamides is 1. The molecular weight excluding hydrogens is 504 g/mol. The van der Waals surface area contributed by atoms with Gasteiger partial charge in [0.2, 0.25) is 16.0 Å². The van der Waals surface area contributed by atoms with Crippen molar-refractivity contribution in [3.05, 3.63) is 36.0 Å². The fraction of sp³-hybridized carbons (Fsp3) is 0.542. The molecule has 0 unspecified atom stereocenters. The lowest BCUT2D eigenvalue weighted by molar-refractivity contribution is 0.0474. The van der Waals surface area contributed by atoms with Crippen LogP contribution in [0.5, 0.6) is 0 Å². The molecule has 200 valence electrons. The van der Waals surface area contributed by atoms with Crippen molar-refractivity contribution in [2.24, 2.45) is 5.92 Å². The third-order valence-corrected chi connectivity index (χ3v) is 8.57. The molecule has 37 heavy (non-hydrogen) atoms. The maximum atomic E-state index is 13.3. The number of aliphatic hydroxyl groups is 1. The van der Waals surface area contributed by atoms with Crippen LogP contribution in [-0.4, -0.2) is 81.2 Å². The van der Waals surface area contributed by atoms with Crippen LogP contribution >= 0.6 is 0 Å². The zero-order valence-corrected chi connectivity index (χ0v) is 21.8. The number of halogens is 2. The minimum atomic E-state index is -3.26. The number of aromatic nitrogens is 4. The molecule has 0 radical (unpaired) electrons. The Morgan fingerprint density at radius 1 is 1.19 bits per heavy atom. The number of anilines is 2. The van der Waals surface area contributed by atoms with Gasteiger partial charge in [0.1, 0.15) is 5.82 Å². The van der Waals surface area contributed by atoms with Gasteiger partial charge in [-0.1, -0.05) is 12.1 Å². The van der Waals surface area contributed by atoms with Crippen LogP contribution in [0.1, 0.15) is 39.2 Å². The summed E-state index contributed by atoms with van der Waals surface area (Å²) in [6.45, 7) is 7.24. The highest BCUT2D eigenvalue weighted by molar-refractivity contribution is 7.89. The topological polar surface area (TPSA) is 116 Å². The second-order valence-electron chi connectivity index (χ2n) is 10.4. The highest BCUT2D eigenvalue weighted by atomic mass is 32.2. The maximum absolute atomic E-state index is 13.3. The van der Waals surface area contributed by atoms with Gasteiger partial charge in [0.05, 0.1) is 34.7 Å². The van der Waals surface area contributed by atoms with Gasteiger partial charge in [0.15, 0.2) is 5.65 Å². The molecule has 2 aliphatic heterocycles. The van der Waals surface area contributed by atoms with Crippen LogP contribution in [0, 0.1) is 5.92 Å². The van der Waals surface area contributed by atoms with Crippen LogP contribution in [0.2, 0.25) is 0 Å². The van der Waals surface area contributed by atoms with Gasteiger partial charge in [-0.15, -0.1) is 0 Å². The van der Waals surface area contributed by atoms with E-state index in [4.69, 9.17) is 4.98 Å². The van der Waals surface area contributed by atoms with E-state index in [2.05, 4.69) is 20.3 Å². The Morgan fingerprint density at radius 3 is 2.57 bits per heavy atom. The van der Waals surface area contributed by atoms with E-state index >= 15 is 0 Å². The van der Waals surface area contributed by atoms with E-state index in [0.29, 0.717) is 67.0 Å². The van der Waals surface area contributed by atoms with Crippen molar-refractivity contribution in [1.82, 2.24) is 24.1 Å². The summed E-state index contributed by atoms with van der Waals surface area (Å²) in [5, 5.41) is 18.5. The van der Waals surface area contributed by atoms with Crippen molar-refractivity contribution in [1.29, 1.82) is 0 Å². The standard InChI is InChI=1S/C24H31F2N7O3S/c1-4-37(35,36)32-13-17(14-32)28-23-29-21(31-11-15(12-31)9-24(2,3)34)19-10-27-33(22(19)30-23)18-7-5-6-16(8-18)20(25)26/h5-8,10,15,17,20,34H,4,9,11-14H2,1-3H3,(H,28,29,30). The third kappa shape index (κ3) is 5.25. The minimum Gasteiger partial charge on any atom is -0.390 e. The normalized spacial score (nSPS) is 17.9. The van der Waals surface area contributed by atoms with E-state index in [9.17, 15) is 22.3 Å². The number of nitrogens with zero attached hydrogens (tertiary/aromatic N) is 6. The van der Waals surface area contributed by atoms with Gasteiger partial charge in [-0.2, -0.15) is 19.4 Å². The van der Waals surface area contributed by atoms with Crippen molar-refractivity contribution in [2.75, 3.05) is 42.1 Å². The molecule has 2 N–H and O–H groups in total. The number of hydrogen-bond donors (Lipinski definition) is 2. The first-order chi connectivity index (χ1) is 17.4. The monoisotopic (exact) mass is 535 g/mol. The molecule has 0 atom stereocenters. The Hall–Kier alpha value is -2.90. The fourth-order valence-corrected chi connectivity index (χ4v) is 6.06. The second kappa shape index (κ2) is 9.44. The zero-order valence-electron chi connectivity index (χ0n) is 21.0. The molecule has 0 bridgehead atoms. The molecule has 4 heterocycles. The van der Waals surface area contributed by atoms with Gasteiger partial charge in [-0.05, 0) is 45.2 Å². The number of rotatable bonds is 9. The average Bonchev–Trinajstić information content (AvgIpc) is 3.21. The number of fused-ring (bicyclic) bond motifs is 1. The molecule has 0 saturated carbocycles. The first-order valence-electron chi connectivity index (χ1n) is 12.3. The molecule has 2 saturated heterocycles. The summed E-state index contributed by atoms with van der Waals surface area (Å²) in [7, 11) is -3.26. The van der Waals surface area contributed by atoms with Gasteiger partial charge in [-0.3, -0.25) is 0 Å². The quantitative estimate of drug-likeness (QED) is 0.430. The molecule has 1 aromatic carbocycles. The predicted molar refractivity (Wildman–Crippen MR) is 137 cm³/mol. The average molecular weight is 536 g/mol. The largest absolute Gasteiger partial charge is 0.390 e. The molecule has 2 aromatic heterocycles. The summed E-state index contributed by atoms with van der Waals surface area (Å²) < 4.78 is 53.8. The molecule has 10 nitrogen and oxygen atoms in total. The summed E-state index contributed by atoms with van der Waals surface area (Å²) in [5.41, 5.74) is 0.0376. The zero-order chi connectivity index (χ0) is 26.5. The highest BCUT2D eigenvalue weighted by Crippen LogP contribution is 2.35. The van der Waals surface area contributed by atoms with Crippen molar-refractivity contribution >= 4 is 32.8 Å². The lowest BCUT2D eigenvalue weighted by Crippen LogP contribution is -2.57. The third-order valence-electron chi connectivity index (χ3n) is 6.76. The second-order valence-corrected chi connectivity index (χ2v) is 12.7. The molecule has 2 fully saturated rings. The summed E-state index contributed by atoms with van der Waals surface area (Å²) in [6, 6.07) is 5.84. The van der Waals surface area contributed by atoms with Gasteiger partial charge in [0, 0.05) is 31.7 Å². The van der Waals surface area contributed by atoms with Crippen molar-refractivity contribution in [2.45, 2.75) is 45.3 Å². The summed E-state index contributed by atoms with van der Waals surface area (Å²) in [5.74, 6) is 1.33. The van der Waals surface area contributed by atoms with E-state index in [1.807, 2.05) is 0 Å². The summed E-state index contributed by atoms with van der Waals surface area (Å²) in [4.78, 5) is 11.5. The van der Waals surface area contributed by atoms with Crippen LogP contribution in [0.15, 0.2) is 30.5 Å². The van der Waals surface area contributed by atoms with Crippen LogP contribution in [0.25, 0.3) is 16.7 Å². The van der Waals surface area contributed by atoms with Crippen LogP contribution in [0.4, 0.5) is 20.5 Å². The van der Waals surface area contributed by atoms with Crippen LogP contribution in [0.3, 0.4) is 0 Å². The van der Waals surface area contributed by atoms with E-state index in [0.717, 1.165) is 0 Å². The van der Waals surface area contributed by atoms with E-state index in [1.165, 1.54) is 21.1 Å². The van der Waals surface area contributed by atoms with Crippen molar-refractivity contribution in [3.63, 3.8) is 0 Å². The van der Waals surface area contributed by atoms with Gasteiger partial charge >= 0.3 is 0 Å². The van der Waals surface area contributed by atoms with Crippen molar-refractivity contribution in [3.8, 4) is 5.69 Å². The number of benzene rings is 1. The van der Waals surface area contributed by atoms with E-state index in [1.54, 1.807) is 39.1 Å². The molecule has 0 aliphatic carbocycles. The first kappa shape index (κ1) is 25.7. The lowest BCUT2D eigenvalue weighted by Gasteiger charge is -2.42. The van der Waals surface area contributed by atoms with E-state index < -0.39 is 22.0 Å². The Morgan fingerprint density at radius 2 is 1.92 bits per heavy atom. The molecule has 13 heteroatoms. The Kier molecular flexibility index (Phi) is 6.57. The molecule has 0 spiro atoms. The van der Waals surface area contributed by atoms with Crippen LogP contribution in [-0.2, 0) is 10.0 Å². The fourth-order valence-electron chi connectivity index (χ4n) is 4.88. The Bertz CT molecular complexity index is 1400. The Balaban J connectivity index is 1.47. The van der Waals surface area contributed by atoms with Crippen molar-refractivity contribution < 1.29 is 22.3 Å².